The summed E-state index contributed by atoms with van der Waals surface area (Å²) in [5, 5.41) is 26.0. The zero-order valence-corrected chi connectivity index (χ0v) is 6.40. The normalized spacial score (nSPS) is 16.5. The first-order valence-electron chi connectivity index (χ1n) is 3.60. The highest BCUT2D eigenvalue weighted by molar-refractivity contribution is 6.50. The summed E-state index contributed by atoms with van der Waals surface area (Å²) in [7, 11) is -1.46. The molecule has 0 unspecified atom stereocenters. The smallest absolute Gasteiger partial charge is 0.478 e. The highest BCUT2D eigenvalue weighted by Gasteiger charge is 2.19. The summed E-state index contributed by atoms with van der Waals surface area (Å²) in [6, 6.07) is 0. The van der Waals surface area contributed by atoms with E-state index in [1.165, 1.54) is 12.2 Å². The van der Waals surface area contributed by atoms with Crippen molar-refractivity contribution in [2.75, 3.05) is 0 Å². The Labute approximate surface area is 70.0 Å². The Morgan fingerprint density at radius 2 is 2.00 bits per heavy atom. The van der Waals surface area contributed by atoms with E-state index in [2.05, 4.69) is 0 Å². The van der Waals surface area contributed by atoms with E-state index in [1.807, 2.05) is 0 Å². The van der Waals surface area contributed by atoms with E-state index >= 15 is 0 Å². The van der Waals surface area contributed by atoms with Gasteiger partial charge in [-0.15, -0.1) is 0 Å². The van der Waals surface area contributed by atoms with Crippen LogP contribution in [-0.2, 0) is 4.79 Å². The number of carboxylic acid groups (broad SMARTS) is 1. The molecule has 0 bridgehead atoms. The quantitative estimate of drug-likeness (QED) is 0.496. The molecule has 1 rings (SSSR count). The molecule has 4 nitrogen and oxygen atoms in total. The molecule has 0 saturated carbocycles. The van der Waals surface area contributed by atoms with E-state index in [0.29, 0.717) is 23.9 Å². The van der Waals surface area contributed by atoms with E-state index in [9.17, 15) is 4.79 Å². The fourth-order valence-electron chi connectivity index (χ4n) is 1.05. The maximum atomic E-state index is 10.4. The van der Waals surface area contributed by atoms with Crippen LogP contribution in [0.3, 0.4) is 0 Å². The van der Waals surface area contributed by atoms with Gasteiger partial charge in [-0.2, -0.15) is 0 Å². The molecule has 12 heavy (non-hydrogen) atoms. The fourth-order valence-corrected chi connectivity index (χ4v) is 1.05. The van der Waals surface area contributed by atoms with E-state index in [4.69, 9.17) is 15.2 Å². The van der Waals surface area contributed by atoms with Gasteiger partial charge in [0.2, 0.25) is 0 Å². The zero-order valence-electron chi connectivity index (χ0n) is 6.40. The maximum absolute atomic E-state index is 10.4. The van der Waals surface area contributed by atoms with Crippen molar-refractivity contribution < 1.29 is 19.9 Å². The maximum Gasteiger partial charge on any atom is 0.484 e. The summed E-state index contributed by atoms with van der Waals surface area (Å²) in [5.74, 6) is -0.947. The molecule has 5 heteroatoms. The summed E-state index contributed by atoms with van der Waals surface area (Å²) < 4.78 is 0. The van der Waals surface area contributed by atoms with Crippen LogP contribution >= 0.6 is 0 Å². The van der Waals surface area contributed by atoms with Gasteiger partial charge in [0.05, 0.1) is 0 Å². The lowest BCUT2D eigenvalue weighted by molar-refractivity contribution is -0.132. The number of aliphatic carboxylic acids is 1. The molecular formula is C7H9BO4. The van der Waals surface area contributed by atoms with Crippen molar-refractivity contribution in [3.05, 3.63) is 23.2 Å². The van der Waals surface area contributed by atoms with Gasteiger partial charge in [0.15, 0.2) is 0 Å². The molecule has 0 atom stereocenters. The van der Waals surface area contributed by atoms with E-state index in [0.717, 1.165) is 0 Å². The zero-order chi connectivity index (χ0) is 9.14. The predicted octanol–water partition coefficient (Wildman–Crippen LogP) is -0.270. The van der Waals surface area contributed by atoms with Crippen LogP contribution in [0.5, 0.6) is 0 Å². The van der Waals surface area contributed by atoms with Gasteiger partial charge in [-0.05, 0) is 18.3 Å². The first kappa shape index (κ1) is 9.03. The minimum atomic E-state index is -1.46. The largest absolute Gasteiger partial charge is 0.484 e. The van der Waals surface area contributed by atoms with Crippen LogP contribution in [0.15, 0.2) is 23.2 Å². The Morgan fingerprint density at radius 1 is 1.33 bits per heavy atom. The average Bonchev–Trinajstić information content (AvgIpc) is 2.04. The predicted molar refractivity (Wildman–Crippen MR) is 43.2 cm³/mol. The van der Waals surface area contributed by atoms with Crippen molar-refractivity contribution in [2.45, 2.75) is 12.8 Å². The molecule has 3 N–H and O–H groups in total. The lowest BCUT2D eigenvalue weighted by atomic mass is 9.74. The van der Waals surface area contributed by atoms with Crippen molar-refractivity contribution in [1.82, 2.24) is 0 Å². The fraction of sp³-hybridized carbons (Fsp3) is 0.286. The molecule has 0 spiro atoms. The van der Waals surface area contributed by atoms with Crippen LogP contribution in [0, 0.1) is 0 Å². The molecule has 64 valence electrons. The summed E-state index contributed by atoms with van der Waals surface area (Å²) in [5.41, 5.74) is 0.763. The molecule has 0 aromatic rings. The second-order valence-corrected chi connectivity index (χ2v) is 2.61. The minimum absolute atomic E-state index is 0.305. The third-order valence-corrected chi connectivity index (χ3v) is 1.79. The topological polar surface area (TPSA) is 77.8 Å². The van der Waals surface area contributed by atoms with Crippen LogP contribution in [0.25, 0.3) is 0 Å². The average molecular weight is 168 g/mol. The number of carbonyl (C=O) groups is 1. The molecular weight excluding hydrogens is 159 g/mol. The standard InChI is InChI=1S/C7H9BO4/c9-7(10)5-1-3-6(4-2-5)8(11)12/h1,3,11-12H,2,4H2,(H,9,10). The van der Waals surface area contributed by atoms with Gasteiger partial charge in [0.25, 0.3) is 0 Å². The third-order valence-electron chi connectivity index (χ3n) is 1.79. The first-order chi connectivity index (χ1) is 5.61. The van der Waals surface area contributed by atoms with Crippen LogP contribution in [-0.4, -0.2) is 28.2 Å². The van der Waals surface area contributed by atoms with Crippen LogP contribution < -0.4 is 0 Å². The number of allylic oxidation sites excluding steroid dienone is 3. The molecule has 0 radical (unpaired) electrons. The third kappa shape index (κ3) is 1.96. The van der Waals surface area contributed by atoms with E-state index in [1.54, 1.807) is 0 Å². The van der Waals surface area contributed by atoms with Gasteiger partial charge in [0, 0.05) is 5.57 Å². The molecule has 0 fully saturated rings. The van der Waals surface area contributed by atoms with Gasteiger partial charge in [-0.3, -0.25) is 0 Å². The molecule has 0 heterocycles. The van der Waals surface area contributed by atoms with Crippen molar-refractivity contribution >= 4 is 13.1 Å². The summed E-state index contributed by atoms with van der Waals surface area (Å²) in [6.07, 6.45) is 3.60. The van der Waals surface area contributed by atoms with Gasteiger partial charge >= 0.3 is 13.1 Å². The van der Waals surface area contributed by atoms with E-state index in [-0.39, 0.29) is 0 Å². The molecule has 1 aliphatic rings. The van der Waals surface area contributed by atoms with Gasteiger partial charge < -0.3 is 15.2 Å². The number of hydrogen-bond acceptors (Lipinski definition) is 3. The minimum Gasteiger partial charge on any atom is -0.478 e. The van der Waals surface area contributed by atoms with Crippen LogP contribution in [0.2, 0.25) is 0 Å². The number of rotatable bonds is 2. The molecule has 1 aliphatic carbocycles. The highest BCUT2D eigenvalue weighted by atomic mass is 16.4. The summed E-state index contributed by atoms with van der Waals surface area (Å²) in [6.45, 7) is 0. The Balaban J connectivity index is 2.73. The Morgan fingerprint density at radius 3 is 2.33 bits per heavy atom. The highest BCUT2D eigenvalue weighted by Crippen LogP contribution is 2.18. The van der Waals surface area contributed by atoms with Crippen LogP contribution in [0.4, 0.5) is 0 Å². The molecule has 0 saturated heterocycles. The van der Waals surface area contributed by atoms with Gasteiger partial charge in [-0.1, -0.05) is 12.2 Å². The Kier molecular flexibility index (Phi) is 2.67. The number of carboxylic acids is 1. The number of hydrogen-bond donors (Lipinski definition) is 3. The monoisotopic (exact) mass is 168 g/mol. The van der Waals surface area contributed by atoms with Crippen LogP contribution in [0.1, 0.15) is 12.8 Å². The molecule has 0 amide bonds. The second kappa shape index (κ2) is 3.56. The second-order valence-electron chi connectivity index (χ2n) is 2.61. The van der Waals surface area contributed by atoms with E-state index < -0.39 is 13.1 Å². The summed E-state index contributed by atoms with van der Waals surface area (Å²) in [4.78, 5) is 10.4. The van der Waals surface area contributed by atoms with Gasteiger partial charge in [-0.25, -0.2) is 4.79 Å². The molecule has 0 aromatic carbocycles. The SMILES string of the molecule is O=C(O)C1=CC=C(B(O)O)CC1. The van der Waals surface area contributed by atoms with Gasteiger partial charge in [0.1, 0.15) is 0 Å². The van der Waals surface area contributed by atoms with Crippen molar-refractivity contribution in [1.29, 1.82) is 0 Å². The van der Waals surface area contributed by atoms with Crippen molar-refractivity contribution in [3.8, 4) is 0 Å². The molecule has 0 aliphatic heterocycles. The lowest BCUT2D eigenvalue weighted by Gasteiger charge is -2.10. The summed E-state index contributed by atoms with van der Waals surface area (Å²) >= 11 is 0. The van der Waals surface area contributed by atoms with Crippen molar-refractivity contribution in [3.63, 3.8) is 0 Å². The first-order valence-corrected chi connectivity index (χ1v) is 3.60. The molecule has 0 aromatic heterocycles. The lowest BCUT2D eigenvalue weighted by Crippen LogP contribution is -2.18. The Hall–Kier alpha value is -1.07. The van der Waals surface area contributed by atoms with Crippen molar-refractivity contribution in [2.24, 2.45) is 0 Å². The Bertz CT molecular complexity index is 254.